The summed E-state index contributed by atoms with van der Waals surface area (Å²) in [7, 11) is 1.96. The average molecular weight is 196 g/mol. The normalized spacial score (nSPS) is 10.8. The van der Waals surface area contributed by atoms with E-state index in [1.54, 1.807) is 0 Å². The van der Waals surface area contributed by atoms with E-state index >= 15 is 0 Å². The molecule has 0 unspecified atom stereocenters. The van der Waals surface area contributed by atoms with Crippen LogP contribution in [0.2, 0.25) is 0 Å². The van der Waals surface area contributed by atoms with Crippen molar-refractivity contribution in [1.29, 1.82) is 0 Å². The van der Waals surface area contributed by atoms with Crippen LogP contribution >= 0.6 is 0 Å². The van der Waals surface area contributed by atoms with E-state index in [2.05, 4.69) is 23.5 Å². The summed E-state index contributed by atoms with van der Waals surface area (Å²) in [5.74, 6) is 0. The minimum atomic E-state index is 0.751. The Morgan fingerprint density at radius 2 is 2.36 bits per heavy atom. The number of aryl methyl sites for hydroxylation is 2. The van der Waals surface area contributed by atoms with E-state index in [-0.39, 0.29) is 0 Å². The summed E-state index contributed by atoms with van der Waals surface area (Å²) in [4.78, 5) is 0. The molecule has 4 heteroatoms. The molecule has 0 bridgehead atoms. The Labute approximate surface area is 85.5 Å². The number of aromatic nitrogens is 2. The summed E-state index contributed by atoms with van der Waals surface area (Å²) in [5.41, 5.74) is 7.90. The fourth-order valence-corrected chi connectivity index (χ4v) is 1.48. The molecule has 0 radical (unpaired) electrons. The molecule has 3 N–H and O–H groups in total. The van der Waals surface area contributed by atoms with Gasteiger partial charge in [-0.05, 0) is 25.9 Å². The third-order valence-corrected chi connectivity index (χ3v) is 2.20. The van der Waals surface area contributed by atoms with Gasteiger partial charge in [0.25, 0.3) is 0 Å². The van der Waals surface area contributed by atoms with Crippen molar-refractivity contribution < 1.29 is 0 Å². The standard InChI is InChI=1S/C10H20N4/c1-3-10-9(8-14(2)13-10)7-12-6-4-5-11/h8,12H,3-7,11H2,1-2H3. The lowest BCUT2D eigenvalue weighted by Crippen LogP contribution is -2.18. The Kier molecular flexibility index (Phi) is 4.62. The molecule has 0 saturated carbocycles. The average Bonchev–Trinajstić information content (AvgIpc) is 2.54. The van der Waals surface area contributed by atoms with Gasteiger partial charge >= 0.3 is 0 Å². The van der Waals surface area contributed by atoms with Crippen molar-refractivity contribution in [2.24, 2.45) is 12.8 Å². The van der Waals surface area contributed by atoms with Crippen LogP contribution in [0.3, 0.4) is 0 Å². The van der Waals surface area contributed by atoms with Crippen molar-refractivity contribution >= 4 is 0 Å². The molecule has 80 valence electrons. The van der Waals surface area contributed by atoms with Crippen molar-refractivity contribution in [3.05, 3.63) is 17.5 Å². The van der Waals surface area contributed by atoms with Crippen LogP contribution in [0, 0.1) is 0 Å². The van der Waals surface area contributed by atoms with Crippen LogP contribution in [0.5, 0.6) is 0 Å². The van der Waals surface area contributed by atoms with Gasteiger partial charge in [0, 0.05) is 25.4 Å². The molecular formula is C10H20N4. The molecule has 14 heavy (non-hydrogen) atoms. The minimum Gasteiger partial charge on any atom is -0.330 e. The summed E-state index contributed by atoms with van der Waals surface area (Å²) in [6, 6.07) is 0. The fourth-order valence-electron chi connectivity index (χ4n) is 1.48. The Morgan fingerprint density at radius 1 is 1.57 bits per heavy atom. The molecule has 4 nitrogen and oxygen atoms in total. The van der Waals surface area contributed by atoms with Gasteiger partial charge < -0.3 is 11.1 Å². The Morgan fingerprint density at radius 3 is 3.00 bits per heavy atom. The van der Waals surface area contributed by atoms with Crippen LogP contribution in [0.15, 0.2) is 6.20 Å². The van der Waals surface area contributed by atoms with E-state index in [0.29, 0.717) is 0 Å². The quantitative estimate of drug-likeness (QED) is 0.648. The molecule has 1 rings (SSSR count). The van der Waals surface area contributed by atoms with Crippen LogP contribution in [0.25, 0.3) is 0 Å². The molecule has 1 aromatic rings. The molecule has 1 aromatic heterocycles. The molecule has 1 heterocycles. The Hall–Kier alpha value is -0.870. The van der Waals surface area contributed by atoms with E-state index in [0.717, 1.165) is 32.5 Å². The molecule has 0 amide bonds. The lowest BCUT2D eigenvalue weighted by atomic mass is 10.2. The highest BCUT2D eigenvalue weighted by atomic mass is 15.3. The van der Waals surface area contributed by atoms with Crippen LogP contribution in [-0.2, 0) is 20.0 Å². The summed E-state index contributed by atoms with van der Waals surface area (Å²) in [6.45, 7) is 4.76. The molecule has 0 spiro atoms. The van der Waals surface area contributed by atoms with Gasteiger partial charge in [0.2, 0.25) is 0 Å². The van der Waals surface area contributed by atoms with Crippen LogP contribution in [-0.4, -0.2) is 22.9 Å². The number of nitrogens with zero attached hydrogens (tertiary/aromatic N) is 2. The number of nitrogens with two attached hydrogens (primary N) is 1. The van der Waals surface area contributed by atoms with Gasteiger partial charge in [0.15, 0.2) is 0 Å². The van der Waals surface area contributed by atoms with Gasteiger partial charge in [-0.1, -0.05) is 6.92 Å². The first kappa shape index (κ1) is 11.2. The maximum atomic E-state index is 5.41. The first-order valence-corrected chi connectivity index (χ1v) is 5.20. The molecule has 0 aliphatic rings. The van der Waals surface area contributed by atoms with Crippen LogP contribution in [0.1, 0.15) is 24.6 Å². The fraction of sp³-hybridized carbons (Fsp3) is 0.700. The number of hydrogen-bond acceptors (Lipinski definition) is 3. The number of rotatable bonds is 6. The largest absolute Gasteiger partial charge is 0.330 e. The first-order valence-electron chi connectivity index (χ1n) is 5.20. The molecule has 0 fully saturated rings. The summed E-state index contributed by atoms with van der Waals surface area (Å²) >= 11 is 0. The van der Waals surface area contributed by atoms with E-state index < -0.39 is 0 Å². The topological polar surface area (TPSA) is 55.9 Å². The molecule has 0 aromatic carbocycles. The van der Waals surface area contributed by atoms with E-state index in [1.807, 2.05) is 11.7 Å². The van der Waals surface area contributed by atoms with Crippen molar-refractivity contribution in [2.75, 3.05) is 13.1 Å². The lowest BCUT2D eigenvalue weighted by Gasteiger charge is -2.02. The third kappa shape index (κ3) is 3.12. The van der Waals surface area contributed by atoms with Gasteiger partial charge in [0.1, 0.15) is 0 Å². The highest BCUT2D eigenvalue weighted by Gasteiger charge is 2.04. The SMILES string of the molecule is CCc1nn(C)cc1CNCCCN. The maximum Gasteiger partial charge on any atom is 0.0666 e. The third-order valence-electron chi connectivity index (χ3n) is 2.20. The van der Waals surface area contributed by atoms with Crippen LogP contribution in [0.4, 0.5) is 0 Å². The lowest BCUT2D eigenvalue weighted by molar-refractivity contribution is 0.652. The van der Waals surface area contributed by atoms with Gasteiger partial charge in [-0.15, -0.1) is 0 Å². The molecule has 0 atom stereocenters. The summed E-state index contributed by atoms with van der Waals surface area (Å²) in [5, 5.41) is 7.74. The zero-order valence-electron chi connectivity index (χ0n) is 9.08. The smallest absolute Gasteiger partial charge is 0.0666 e. The second-order valence-electron chi connectivity index (χ2n) is 3.45. The van der Waals surface area contributed by atoms with Gasteiger partial charge in [-0.3, -0.25) is 4.68 Å². The maximum absolute atomic E-state index is 5.41. The second kappa shape index (κ2) is 5.78. The highest BCUT2D eigenvalue weighted by Crippen LogP contribution is 2.06. The second-order valence-corrected chi connectivity index (χ2v) is 3.45. The molecule has 0 saturated heterocycles. The zero-order chi connectivity index (χ0) is 10.4. The number of nitrogens with one attached hydrogen (secondary N) is 1. The highest BCUT2D eigenvalue weighted by molar-refractivity contribution is 5.16. The van der Waals surface area contributed by atoms with Gasteiger partial charge in [-0.25, -0.2) is 0 Å². The van der Waals surface area contributed by atoms with E-state index in [9.17, 15) is 0 Å². The number of hydrogen-bond donors (Lipinski definition) is 2. The molecule has 0 aliphatic heterocycles. The monoisotopic (exact) mass is 196 g/mol. The first-order chi connectivity index (χ1) is 6.77. The minimum absolute atomic E-state index is 0.751. The van der Waals surface area contributed by atoms with Crippen molar-refractivity contribution in [3.8, 4) is 0 Å². The summed E-state index contributed by atoms with van der Waals surface area (Å²) < 4.78 is 1.87. The Balaban J connectivity index is 2.41. The predicted octanol–water partition coefficient (Wildman–Crippen LogP) is 0.421. The van der Waals surface area contributed by atoms with Crippen molar-refractivity contribution in [1.82, 2.24) is 15.1 Å². The van der Waals surface area contributed by atoms with Crippen LogP contribution < -0.4 is 11.1 Å². The summed E-state index contributed by atoms with van der Waals surface area (Å²) in [6.07, 6.45) is 4.10. The zero-order valence-corrected chi connectivity index (χ0v) is 9.08. The van der Waals surface area contributed by atoms with Gasteiger partial charge in [0.05, 0.1) is 5.69 Å². The Bertz CT molecular complexity index is 267. The predicted molar refractivity (Wildman–Crippen MR) is 58.0 cm³/mol. The van der Waals surface area contributed by atoms with E-state index in [4.69, 9.17) is 5.73 Å². The van der Waals surface area contributed by atoms with Crippen molar-refractivity contribution in [2.45, 2.75) is 26.3 Å². The van der Waals surface area contributed by atoms with E-state index in [1.165, 1.54) is 11.3 Å². The molecular weight excluding hydrogens is 176 g/mol. The van der Waals surface area contributed by atoms with Crippen molar-refractivity contribution in [3.63, 3.8) is 0 Å². The molecule has 0 aliphatic carbocycles. The van der Waals surface area contributed by atoms with Gasteiger partial charge in [-0.2, -0.15) is 5.10 Å².